The van der Waals surface area contributed by atoms with E-state index in [0.29, 0.717) is 0 Å². The van der Waals surface area contributed by atoms with Crippen LogP contribution in [0.4, 0.5) is 19.2 Å². The van der Waals surface area contributed by atoms with E-state index in [1.54, 1.807) is 0 Å². The maximum atomic E-state index is 13.5. The molecule has 1 aromatic carbocycles. The molecule has 0 spiro atoms. The van der Waals surface area contributed by atoms with Gasteiger partial charge in [0.15, 0.2) is 0 Å². The topological polar surface area (TPSA) is 127 Å². The summed E-state index contributed by atoms with van der Waals surface area (Å²) in [5.74, 6) is -2.17. The summed E-state index contributed by atoms with van der Waals surface area (Å²) >= 11 is 0.878. The van der Waals surface area contributed by atoms with Crippen LogP contribution in [0.1, 0.15) is 20.7 Å². The summed E-state index contributed by atoms with van der Waals surface area (Å²) in [5, 5.41) is 4.97. The number of hydrogen-bond donors (Lipinski definition) is 4. The fourth-order valence-electron chi connectivity index (χ4n) is 1.66. The first-order valence-electron chi connectivity index (χ1n) is 5.94. The van der Waals surface area contributed by atoms with E-state index in [1.165, 1.54) is 24.3 Å². The number of rotatable bonds is 4. The minimum absolute atomic E-state index is 0.00682. The van der Waals surface area contributed by atoms with Crippen LogP contribution in [0.5, 0.6) is 0 Å². The predicted molar refractivity (Wildman–Crippen MR) is 80.4 cm³/mol. The third-order valence-electron chi connectivity index (χ3n) is 2.59. The Balaban J connectivity index is 2.26. The van der Waals surface area contributed by atoms with Crippen LogP contribution in [0.3, 0.4) is 0 Å². The van der Waals surface area contributed by atoms with Crippen molar-refractivity contribution < 1.29 is 18.8 Å². The molecule has 114 valence electrons. The molecular weight excluding hydrogens is 311 g/mol. The summed E-state index contributed by atoms with van der Waals surface area (Å²) in [6.45, 7) is 0. The molecule has 0 saturated heterocycles. The highest BCUT2D eigenvalue weighted by molar-refractivity contribution is 7.20. The number of halogens is 1. The van der Waals surface area contributed by atoms with Gasteiger partial charge in [0, 0.05) is 0 Å². The van der Waals surface area contributed by atoms with E-state index in [-0.39, 0.29) is 21.1 Å². The number of urea groups is 1. The van der Waals surface area contributed by atoms with Gasteiger partial charge in [0.1, 0.15) is 10.8 Å². The molecule has 0 fully saturated rings. The molecule has 0 radical (unpaired) electrons. The molecule has 0 saturated carbocycles. The molecule has 2 rings (SSSR count). The number of carbonyl (C=O) groups is 3. The van der Waals surface area contributed by atoms with Gasteiger partial charge in [0.25, 0.3) is 11.8 Å². The summed E-state index contributed by atoms with van der Waals surface area (Å²) in [4.78, 5) is 34.1. The van der Waals surface area contributed by atoms with Gasteiger partial charge in [-0.2, -0.15) is 0 Å². The first-order valence-corrected chi connectivity index (χ1v) is 6.76. The predicted octanol–water partition coefficient (Wildman–Crippen LogP) is 1.73. The highest BCUT2D eigenvalue weighted by Gasteiger charge is 2.18. The fraction of sp³-hybridized carbons (Fsp3) is 0. The molecular formula is C13H11FN4O3S. The highest BCUT2D eigenvalue weighted by Crippen LogP contribution is 2.32. The second-order valence-electron chi connectivity index (χ2n) is 4.14. The number of primary amides is 2. The maximum absolute atomic E-state index is 13.5. The number of anilines is 2. The van der Waals surface area contributed by atoms with E-state index in [2.05, 4.69) is 10.6 Å². The van der Waals surface area contributed by atoms with Crippen molar-refractivity contribution in [3.63, 3.8) is 0 Å². The largest absolute Gasteiger partial charge is 0.366 e. The number of benzene rings is 1. The van der Waals surface area contributed by atoms with E-state index in [9.17, 15) is 18.8 Å². The second kappa shape index (κ2) is 6.22. The normalized spacial score (nSPS) is 10.0. The lowest BCUT2D eigenvalue weighted by atomic mass is 10.2. The van der Waals surface area contributed by atoms with Crippen molar-refractivity contribution in [2.75, 3.05) is 10.6 Å². The van der Waals surface area contributed by atoms with Gasteiger partial charge in [-0.05, 0) is 18.2 Å². The molecule has 6 N–H and O–H groups in total. The van der Waals surface area contributed by atoms with Gasteiger partial charge in [0.05, 0.1) is 16.1 Å². The Morgan fingerprint density at radius 3 is 2.32 bits per heavy atom. The smallest absolute Gasteiger partial charge is 0.317 e. The van der Waals surface area contributed by atoms with Crippen molar-refractivity contribution in [3.8, 4) is 0 Å². The average molecular weight is 322 g/mol. The van der Waals surface area contributed by atoms with Crippen LogP contribution in [0.25, 0.3) is 0 Å². The van der Waals surface area contributed by atoms with Crippen molar-refractivity contribution in [2.45, 2.75) is 0 Å². The Kier molecular flexibility index (Phi) is 4.37. The van der Waals surface area contributed by atoms with Crippen LogP contribution >= 0.6 is 11.3 Å². The summed E-state index contributed by atoms with van der Waals surface area (Å²) in [6.07, 6.45) is 0. The Labute approximate surface area is 128 Å². The summed E-state index contributed by atoms with van der Waals surface area (Å²) in [6, 6.07) is 5.83. The molecule has 0 bridgehead atoms. The average Bonchev–Trinajstić information content (AvgIpc) is 2.81. The molecule has 1 heterocycles. The van der Waals surface area contributed by atoms with Crippen LogP contribution in [0.15, 0.2) is 30.3 Å². The van der Waals surface area contributed by atoms with Crippen molar-refractivity contribution in [2.24, 2.45) is 11.5 Å². The first kappa shape index (κ1) is 15.4. The number of nitrogens with one attached hydrogen (secondary N) is 2. The monoisotopic (exact) mass is 322 g/mol. The van der Waals surface area contributed by atoms with Gasteiger partial charge in [-0.3, -0.25) is 14.9 Å². The lowest BCUT2D eigenvalue weighted by Crippen LogP contribution is -2.21. The van der Waals surface area contributed by atoms with Gasteiger partial charge >= 0.3 is 6.03 Å². The summed E-state index contributed by atoms with van der Waals surface area (Å²) in [7, 11) is 0. The molecule has 0 aliphatic rings. The van der Waals surface area contributed by atoms with Crippen LogP contribution in [-0.2, 0) is 0 Å². The van der Waals surface area contributed by atoms with Crippen LogP contribution in [0, 0.1) is 5.82 Å². The lowest BCUT2D eigenvalue weighted by Gasteiger charge is -2.03. The molecule has 22 heavy (non-hydrogen) atoms. The van der Waals surface area contributed by atoms with E-state index in [0.717, 1.165) is 17.4 Å². The van der Waals surface area contributed by atoms with Gasteiger partial charge in [-0.1, -0.05) is 23.5 Å². The van der Waals surface area contributed by atoms with Crippen molar-refractivity contribution >= 4 is 39.2 Å². The Bertz CT molecular complexity index is 759. The summed E-state index contributed by atoms with van der Waals surface area (Å²) < 4.78 is 13.5. The third-order valence-corrected chi connectivity index (χ3v) is 3.56. The number of amides is 4. The molecule has 2 aromatic rings. The van der Waals surface area contributed by atoms with Crippen molar-refractivity contribution in [1.29, 1.82) is 0 Å². The quantitative estimate of drug-likeness (QED) is 0.684. The number of carbonyl (C=O) groups excluding carboxylic acids is 3. The minimum Gasteiger partial charge on any atom is -0.366 e. The Morgan fingerprint density at radius 2 is 1.73 bits per heavy atom. The molecule has 0 aliphatic carbocycles. The molecule has 4 amide bonds. The number of nitrogens with two attached hydrogens (primary N) is 2. The van der Waals surface area contributed by atoms with Gasteiger partial charge in [-0.15, -0.1) is 0 Å². The second-order valence-corrected chi connectivity index (χ2v) is 5.19. The Morgan fingerprint density at radius 1 is 1.05 bits per heavy atom. The summed E-state index contributed by atoms with van der Waals surface area (Å²) in [5.41, 5.74) is 10.00. The standard InChI is InChI=1S/C13H11FN4O3S/c14-8-4-2-1-3-6(8)11(20)17-9-5-7(10(15)19)12(22-9)18-13(16)21/h1-5H,(H2,15,19)(H,17,20)(H3,16,18,21). The zero-order valence-corrected chi connectivity index (χ0v) is 11.9. The van der Waals surface area contributed by atoms with Crippen LogP contribution in [-0.4, -0.2) is 17.8 Å². The molecule has 0 aliphatic heterocycles. The van der Waals surface area contributed by atoms with E-state index in [1.807, 2.05) is 0 Å². The number of hydrogen-bond acceptors (Lipinski definition) is 4. The molecule has 0 unspecified atom stereocenters. The minimum atomic E-state index is -0.878. The van der Waals surface area contributed by atoms with Crippen LogP contribution in [0.2, 0.25) is 0 Å². The maximum Gasteiger partial charge on any atom is 0.317 e. The van der Waals surface area contributed by atoms with Gasteiger partial charge in [-0.25, -0.2) is 9.18 Å². The van der Waals surface area contributed by atoms with Crippen molar-refractivity contribution in [1.82, 2.24) is 0 Å². The van der Waals surface area contributed by atoms with E-state index < -0.39 is 23.7 Å². The van der Waals surface area contributed by atoms with Crippen LogP contribution < -0.4 is 22.1 Å². The number of thiophene rings is 1. The molecule has 0 atom stereocenters. The van der Waals surface area contributed by atoms with E-state index >= 15 is 0 Å². The van der Waals surface area contributed by atoms with E-state index in [4.69, 9.17) is 11.5 Å². The van der Waals surface area contributed by atoms with Gasteiger partial charge in [0.2, 0.25) is 0 Å². The zero-order valence-electron chi connectivity index (χ0n) is 11.1. The Hall–Kier alpha value is -2.94. The first-order chi connectivity index (χ1) is 10.4. The fourth-order valence-corrected chi connectivity index (χ4v) is 2.63. The van der Waals surface area contributed by atoms with Crippen molar-refractivity contribution in [3.05, 3.63) is 47.3 Å². The van der Waals surface area contributed by atoms with Gasteiger partial charge < -0.3 is 16.8 Å². The lowest BCUT2D eigenvalue weighted by molar-refractivity contribution is 0.0997. The highest BCUT2D eigenvalue weighted by atomic mass is 32.1. The SMILES string of the molecule is NC(=O)Nc1sc(NC(=O)c2ccccc2F)cc1C(N)=O. The third kappa shape index (κ3) is 3.38. The zero-order chi connectivity index (χ0) is 16.3. The molecule has 1 aromatic heterocycles. The molecule has 9 heteroatoms. The molecule has 7 nitrogen and oxygen atoms in total.